The third-order valence-electron chi connectivity index (χ3n) is 1.84. The summed E-state index contributed by atoms with van der Waals surface area (Å²) < 4.78 is 13.1. The molecule has 1 N–H and O–H groups in total. The van der Waals surface area contributed by atoms with Crippen LogP contribution >= 0.6 is 11.3 Å². The van der Waals surface area contributed by atoms with Crippen LogP contribution in [0.25, 0.3) is 0 Å². The first-order valence-electron chi connectivity index (χ1n) is 4.28. The van der Waals surface area contributed by atoms with Crippen molar-refractivity contribution in [3.63, 3.8) is 0 Å². The van der Waals surface area contributed by atoms with E-state index in [2.05, 4.69) is 5.32 Å². The van der Waals surface area contributed by atoms with Gasteiger partial charge in [0.25, 0.3) is 0 Å². The molecule has 0 bridgehead atoms. The van der Waals surface area contributed by atoms with Crippen LogP contribution in [0.4, 0.5) is 15.8 Å². The molecule has 0 radical (unpaired) electrons. The monoisotopic (exact) mass is 218 g/mol. The third-order valence-corrected chi connectivity index (χ3v) is 2.52. The predicted octanol–water partition coefficient (Wildman–Crippen LogP) is 3.50. The lowest BCUT2D eigenvalue weighted by Gasteiger charge is -2.04. The van der Waals surface area contributed by atoms with Crippen LogP contribution in [0.5, 0.6) is 0 Å². The van der Waals surface area contributed by atoms with Gasteiger partial charge in [-0.15, -0.1) is 0 Å². The first-order valence-corrected chi connectivity index (χ1v) is 5.22. The van der Waals surface area contributed by atoms with E-state index < -0.39 is 5.82 Å². The molecule has 0 aliphatic heterocycles. The average Bonchev–Trinajstić information content (AvgIpc) is 2.69. The lowest BCUT2D eigenvalue weighted by molar-refractivity contribution is 0.628. The second-order valence-electron chi connectivity index (χ2n) is 2.98. The Balaban J connectivity index is 2.29. The molecule has 0 saturated carbocycles. The van der Waals surface area contributed by atoms with E-state index in [1.807, 2.05) is 22.9 Å². The standard InChI is InChI=1S/C11H7FN2S/c12-9-3-8(6-13)4-11(5-9)14-10-1-2-15-7-10/h1-5,7,14H. The quantitative estimate of drug-likeness (QED) is 0.837. The van der Waals surface area contributed by atoms with E-state index in [0.29, 0.717) is 11.3 Å². The maximum Gasteiger partial charge on any atom is 0.126 e. The zero-order valence-corrected chi connectivity index (χ0v) is 8.51. The van der Waals surface area contributed by atoms with E-state index in [0.717, 1.165) is 5.69 Å². The molecule has 2 rings (SSSR count). The van der Waals surface area contributed by atoms with Crippen LogP contribution in [-0.4, -0.2) is 0 Å². The average molecular weight is 218 g/mol. The molecule has 15 heavy (non-hydrogen) atoms. The number of rotatable bonds is 2. The maximum absolute atomic E-state index is 13.1. The van der Waals surface area contributed by atoms with Crippen LogP contribution in [0.1, 0.15) is 5.56 Å². The molecule has 0 aliphatic rings. The van der Waals surface area contributed by atoms with Crippen molar-refractivity contribution < 1.29 is 4.39 Å². The molecule has 1 aromatic heterocycles. The summed E-state index contributed by atoms with van der Waals surface area (Å²) in [5, 5.41) is 15.5. The van der Waals surface area contributed by atoms with E-state index in [4.69, 9.17) is 5.26 Å². The Morgan fingerprint density at radius 2 is 2.13 bits per heavy atom. The summed E-state index contributed by atoms with van der Waals surface area (Å²) in [5.74, 6) is -0.410. The number of nitriles is 1. The van der Waals surface area contributed by atoms with E-state index in [9.17, 15) is 4.39 Å². The van der Waals surface area contributed by atoms with Crippen LogP contribution in [0.15, 0.2) is 35.0 Å². The molecule has 0 amide bonds. The summed E-state index contributed by atoms with van der Waals surface area (Å²) >= 11 is 1.55. The first kappa shape index (κ1) is 9.69. The fourth-order valence-corrected chi connectivity index (χ4v) is 1.82. The zero-order valence-electron chi connectivity index (χ0n) is 7.70. The second kappa shape index (κ2) is 4.11. The highest BCUT2D eigenvalue weighted by molar-refractivity contribution is 7.08. The molecule has 0 aliphatic carbocycles. The number of benzene rings is 1. The summed E-state index contributed by atoms with van der Waals surface area (Å²) in [6, 6.07) is 7.98. The van der Waals surface area contributed by atoms with Crippen LogP contribution < -0.4 is 5.32 Å². The van der Waals surface area contributed by atoms with Crippen molar-refractivity contribution >= 4 is 22.7 Å². The molecule has 4 heteroatoms. The zero-order chi connectivity index (χ0) is 10.7. The smallest absolute Gasteiger partial charge is 0.126 e. The van der Waals surface area contributed by atoms with E-state index >= 15 is 0 Å². The van der Waals surface area contributed by atoms with Crippen molar-refractivity contribution in [2.45, 2.75) is 0 Å². The predicted molar refractivity (Wildman–Crippen MR) is 58.7 cm³/mol. The van der Waals surface area contributed by atoms with Crippen molar-refractivity contribution in [3.8, 4) is 6.07 Å². The van der Waals surface area contributed by atoms with Gasteiger partial charge in [-0.3, -0.25) is 0 Å². The fourth-order valence-electron chi connectivity index (χ4n) is 1.23. The van der Waals surface area contributed by atoms with Gasteiger partial charge in [0.05, 0.1) is 11.6 Å². The lowest BCUT2D eigenvalue weighted by atomic mass is 10.2. The number of anilines is 2. The van der Waals surface area contributed by atoms with Gasteiger partial charge in [0, 0.05) is 16.8 Å². The minimum atomic E-state index is -0.410. The Morgan fingerprint density at radius 3 is 2.80 bits per heavy atom. The SMILES string of the molecule is N#Cc1cc(F)cc(Nc2ccsc2)c1. The van der Waals surface area contributed by atoms with Crippen molar-refractivity contribution in [1.82, 2.24) is 0 Å². The number of thiophene rings is 1. The molecule has 0 saturated heterocycles. The molecular weight excluding hydrogens is 211 g/mol. The highest BCUT2D eigenvalue weighted by Gasteiger charge is 2.00. The molecule has 0 fully saturated rings. The van der Waals surface area contributed by atoms with Gasteiger partial charge < -0.3 is 5.32 Å². The summed E-state index contributed by atoms with van der Waals surface area (Å²) in [6.45, 7) is 0. The van der Waals surface area contributed by atoms with Crippen molar-refractivity contribution in [1.29, 1.82) is 5.26 Å². The summed E-state index contributed by atoms with van der Waals surface area (Å²) in [4.78, 5) is 0. The molecule has 1 aromatic carbocycles. The van der Waals surface area contributed by atoms with E-state index in [1.54, 1.807) is 17.4 Å². The number of hydrogen-bond donors (Lipinski definition) is 1. The summed E-state index contributed by atoms with van der Waals surface area (Å²) in [7, 11) is 0. The van der Waals surface area contributed by atoms with Gasteiger partial charge in [0.2, 0.25) is 0 Å². The molecule has 1 heterocycles. The van der Waals surface area contributed by atoms with Crippen LogP contribution in [0, 0.1) is 17.1 Å². The minimum Gasteiger partial charge on any atom is -0.355 e. The maximum atomic E-state index is 13.1. The molecule has 2 nitrogen and oxygen atoms in total. The normalized spacial score (nSPS) is 9.60. The Hall–Kier alpha value is -1.86. The van der Waals surface area contributed by atoms with E-state index in [1.165, 1.54) is 12.1 Å². The lowest BCUT2D eigenvalue weighted by Crippen LogP contribution is -1.90. The molecular formula is C11H7FN2S. The van der Waals surface area contributed by atoms with Gasteiger partial charge in [0.1, 0.15) is 5.82 Å². The number of nitrogens with zero attached hydrogens (tertiary/aromatic N) is 1. The Bertz CT molecular complexity index is 500. The summed E-state index contributed by atoms with van der Waals surface area (Å²) in [5.41, 5.74) is 1.80. The Labute approximate surface area is 90.6 Å². The van der Waals surface area contributed by atoms with Crippen LogP contribution in [-0.2, 0) is 0 Å². The molecule has 0 unspecified atom stereocenters. The second-order valence-corrected chi connectivity index (χ2v) is 3.76. The minimum absolute atomic E-state index is 0.313. The van der Waals surface area contributed by atoms with Gasteiger partial charge in [-0.1, -0.05) is 0 Å². The fraction of sp³-hybridized carbons (Fsp3) is 0. The largest absolute Gasteiger partial charge is 0.355 e. The van der Waals surface area contributed by atoms with Crippen LogP contribution in [0.2, 0.25) is 0 Å². The van der Waals surface area contributed by atoms with Gasteiger partial charge in [-0.05, 0) is 29.6 Å². The highest BCUT2D eigenvalue weighted by Crippen LogP contribution is 2.20. The van der Waals surface area contributed by atoms with Crippen molar-refractivity contribution in [2.24, 2.45) is 0 Å². The molecule has 0 spiro atoms. The summed E-state index contributed by atoms with van der Waals surface area (Å²) in [6.07, 6.45) is 0. The topological polar surface area (TPSA) is 35.8 Å². The molecule has 0 atom stereocenters. The first-order chi connectivity index (χ1) is 7.28. The molecule has 74 valence electrons. The van der Waals surface area contributed by atoms with Gasteiger partial charge in [-0.2, -0.15) is 16.6 Å². The Morgan fingerprint density at radius 1 is 1.27 bits per heavy atom. The van der Waals surface area contributed by atoms with Crippen LogP contribution in [0.3, 0.4) is 0 Å². The Kier molecular flexibility index (Phi) is 2.66. The van der Waals surface area contributed by atoms with Crippen molar-refractivity contribution in [2.75, 3.05) is 5.32 Å². The number of halogens is 1. The van der Waals surface area contributed by atoms with Gasteiger partial charge >= 0.3 is 0 Å². The highest BCUT2D eigenvalue weighted by atomic mass is 32.1. The van der Waals surface area contributed by atoms with E-state index in [-0.39, 0.29) is 0 Å². The number of nitrogens with one attached hydrogen (secondary N) is 1. The third kappa shape index (κ3) is 2.33. The van der Waals surface area contributed by atoms with Crippen molar-refractivity contribution in [3.05, 3.63) is 46.4 Å². The number of hydrogen-bond acceptors (Lipinski definition) is 3. The van der Waals surface area contributed by atoms with Gasteiger partial charge in [0.15, 0.2) is 0 Å². The van der Waals surface area contributed by atoms with Gasteiger partial charge in [-0.25, -0.2) is 4.39 Å². The molecule has 2 aromatic rings.